The fourth-order valence-electron chi connectivity index (χ4n) is 3.35. The number of amides is 1. The van der Waals surface area contributed by atoms with Crippen LogP contribution in [0, 0.1) is 10.1 Å². The van der Waals surface area contributed by atoms with Crippen LogP contribution in [0.25, 0.3) is 5.65 Å². The van der Waals surface area contributed by atoms with E-state index < -0.39 is 10.8 Å². The number of nitro benzene ring substituents is 1. The van der Waals surface area contributed by atoms with Gasteiger partial charge in [-0.15, -0.1) is 0 Å². The maximum absolute atomic E-state index is 12.7. The Morgan fingerprint density at radius 3 is 2.77 bits per heavy atom. The summed E-state index contributed by atoms with van der Waals surface area (Å²) in [6.45, 7) is 1.00. The van der Waals surface area contributed by atoms with Crippen LogP contribution in [-0.4, -0.2) is 43.2 Å². The summed E-state index contributed by atoms with van der Waals surface area (Å²) in [6.07, 6.45) is 6.90. The Balaban J connectivity index is 1.35. The number of aromatic nitrogens is 4. The smallest absolute Gasteiger partial charge is 0.286 e. The number of nitrogens with one attached hydrogen (secondary N) is 1. The van der Waals surface area contributed by atoms with Crippen molar-refractivity contribution < 1.29 is 19.2 Å². The lowest BCUT2D eigenvalue weighted by molar-refractivity contribution is -0.385. The minimum Gasteiger partial charge on any atom is -0.486 e. The normalized spacial score (nSPS) is 12.6. The molecule has 0 radical (unpaired) electrons. The number of carbonyl (C=O) groups excluding carboxylic acids is 1. The molecule has 0 saturated heterocycles. The second kappa shape index (κ2) is 7.44. The Bertz CT molecular complexity index is 1280. The summed E-state index contributed by atoms with van der Waals surface area (Å²) in [7, 11) is 0. The van der Waals surface area contributed by atoms with E-state index in [0.717, 1.165) is 11.3 Å². The molecule has 11 heteroatoms. The molecule has 1 aliphatic rings. The molecule has 0 saturated carbocycles. The fraction of sp³-hybridized carbons (Fsp3) is 0.150. The second-order valence-corrected chi connectivity index (χ2v) is 6.85. The Labute approximate surface area is 175 Å². The minimum atomic E-state index is -0.643. The van der Waals surface area contributed by atoms with Gasteiger partial charge in [-0.2, -0.15) is 5.10 Å². The van der Waals surface area contributed by atoms with Gasteiger partial charge in [-0.05, 0) is 12.1 Å². The first-order valence-electron chi connectivity index (χ1n) is 9.41. The van der Waals surface area contributed by atoms with Crippen LogP contribution in [0.5, 0.6) is 11.5 Å². The first kappa shape index (κ1) is 18.6. The van der Waals surface area contributed by atoms with Gasteiger partial charge in [0.1, 0.15) is 24.4 Å². The molecule has 4 aromatic rings. The molecule has 1 aromatic carbocycles. The van der Waals surface area contributed by atoms with Gasteiger partial charge in [0.15, 0.2) is 11.5 Å². The van der Waals surface area contributed by atoms with E-state index in [9.17, 15) is 14.9 Å². The Morgan fingerprint density at radius 2 is 2.00 bits per heavy atom. The van der Waals surface area contributed by atoms with E-state index >= 15 is 0 Å². The largest absolute Gasteiger partial charge is 0.486 e. The van der Waals surface area contributed by atoms with Crippen molar-refractivity contribution in [3.05, 3.63) is 76.5 Å². The van der Waals surface area contributed by atoms with Gasteiger partial charge in [0.25, 0.3) is 11.6 Å². The van der Waals surface area contributed by atoms with Gasteiger partial charge < -0.3 is 19.2 Å². The number of carbonyl (C=O) groups is 1. The lowest BCUT2D eigenvalue weighted by Gasteiger charge is -2.18. The van der Waals surface area contributed by atoms with Gasteiger partial charge in [0, 0.05) is 24.7 Å². The van der Waals surface area contributed by atoms with Crippen molar-refractivity contribution in [2.75, 3.05) is 18.5 Å². The third-order valence-electron chi connectivity index (χ3n) is 4.73. The lowest BCUT2D eigenvalue weighted by atomic mass is 10.1. The molecular formula is C20H16N6O5. The highest BCUT2D eigenvalue weighted by atomic mass is 16.6. The van der Waals surface area contributed by atoms with Crippen LogP contribution in [0.1, 0.15) is 16.1 Å². The molecule has 1 N–H and O–H groups in total. The molecular weight excluding hydrogens is 404 g/mol. The summed E-state index contributed by atoms with van der Waals surface area (Å²) >= 11 is 0. The average Bonchev–Trinajstić information content (AvgIpc) is 3.38. The van der Waals surface area contributed by atoms with Gasteiger partial charge in [0.2, 0.25) is 0 Å². The summed E-state index contributed by atoms with van der Waals surface area (Å²) in [5.41, 5.74) is 1.54. The van der Waals surface area contributed by atoms with E-state index in [1.807, 2.05) is 35.0 Å². The quantitative estimate of drug-likeness (QED) is 0.388. The zero-order valence-electron chi connectivity index (χ0n) is 16.1. The molecule has 0 fully saturated rings. The number of anilines is 1. The lowest BCUT2D eigenvalue weighted by Crippen LogP contribution is -2.18. The van der Waals surface area contributed by atoms with Gasteiger partial charge >= 0.3 is 0 Å². The number of nitrogens with zero attached hydrogens (tertiary/aromatic N) is 5. The number of benzene rings is 1. The number of ether oxygens (including phenoxy) is 2. The molecule has 1 amide bonds. The Morgan fingerprint density at radius 1 is 1.19 bits per heavy atom. The summed E-state index contributed by atoms with van der Waals surface area (Å²) in [5, 5.41) is 18.3. The number of rotatable bonds is 5. The van der Waals surface area contributed by atoms with Crippen molar-refractivity contribution >= 4 is 22.9 Å². The molecule has 156 valence electrons. The van der Waals surface area contributed by atoms with E-state index in [1.54, 1.807) is 10.9 Å². The van der Waals surface area contributed by atoms with Crippen LogP contribution >= 0.6 is 0 Å². The molecule has 5 rings (SSSR count). The second-order valence-electron chi connectivity index (χ2n) is 6.85. The number of nitro groups is 1. The van der Waals surface area contributed by atoms with Crippen LogP contribution in [0.15, 0.2) is 55.1 Å². The average molecular weight is 420 g/mol. The van der Waals surface area contributed by atoms with Crippen LogP contribution < -0.4 is 14.8 Å². The van der Waals surface area contributed by atoms with Gasteiger partial charge in [-0.1, -0.05) is 6.07 Å². The maximum Gasteiger partial charge on any atom is 0.286 e. The van der Waals surface area contributed by atoms with E-state index in [4.69, 9.17) is 9.47 Å². The maximum atomic E-state index is 12.7. The Hall–Kier alpha value is -4.41. The first-order valence-corrected chi connectivity index (χ1v) is 9.41. The molecule has 11 nitrogen and oxygen atoms in total. The highest BCUT2D eigenvalue weighted by Crippen LogP contribution is 2.36. The molecule has 0 aliphatic carbocycles. The highest BCUT2D eigenvalue weighted by molar-refractivity contribution is 6.07. The highest BCUT2D eigenvalue weighted by Gasteiger charge is 2.26. The van der Waals surface area contributed by atoms with Crippen molar-refractivity contribution in [2.45, 2.75) is 6.54 Å². The van der Waals surface area contributed by atoms with Crippen LogP contribution in [0.3, 0.4) is 0 Å². The minimum absolute atomic E-state index is 0.123. The van der Waals surface area contributed by atoms with Crippen LogP contribution in [-0.2, 0) is 6.54 Å². The molecule has 3 aromatic heterocycles. The third-order valence-corrected chi connectivity index (χ3v) is 4.73. The molecule has 0 atom stereocenters. The van der Waals surface area contributed by atoms with Gasteiger partial charge in [-0.25, -0.2) is 4.98 Å². The predicted octanol–water partition coefficient (Wildman–Crippen LogP) is 2.51. The molecule has 31 heavy (non-hydrogen) atoms. The predicted molar refractivity (Wildman–Crippen MR) is 109 cm³/mol. The van der Waals surface area contributed by atoms with Crippen molar-refractivity contribution in [2.24, 2.45) is 0 Å². The summed E-state index contributed by atoms with van der Waals surface area (Å²) in [6, 6.07) is 8.25. The summed E-state index contributed by atoms with van der Waals surface area (Å²) in [5.74, 6) is -0.102. The van der Waals surface area contributed by atoms with Crippen molar-refractivity contribution in [1.29, 1.82) is 0 Å². The zero-order valence-corrected chi connectivity index (χ0v) is 16.1. The van der Waals surface area contributed by atoms with E-state index in [-0.39, 0.29) is 17.0 Å². The number of fused-ring (bicyclic) bond motifs is 2. The molecule has 0 unspecified atom stereocenters. The molecule has 4 heterocycles. The number of imidazole rings is 1. The number of hydrogen-bond donors (Lipinski definition) is 1. The molecule has 1 aliphatic heterocycles. The topological polar surface area (TPSA) is 126 Å². The van der Waals surface area contributed by atoms with Crippen molar-refractivity contribution in [3.63, 3.8) is 0 Å². The van der Waals surface area contributed by atoms with Crippen LogP contribution in [0.4, 0.5) is 11.4 Å². The fourth-order valence-corrected chi connectivity index (χ4v) is 3.35. The first-order chi connectivity index (χ1) is 15.1. The van der Waals surface area contributed by atoms with E-state index in [2.05, 4.69) is 15.4 Å². The van der Waals surface area contributed by atoms with Crippen molar-refractivity contribution in [3.8, 4) is 11.5 Å². The molecule has 0 bridgehead atoms. The van der Waals surface area contributed by atoms with Crippen molar-refractivity contribution in [1.82, 2.24) is 19.2 Å². The number of hydrogen-bond acceptors (Lipinski definition) is 7. The summed E-state index contributed by atoms with van der Waals surface area (Å²) < 4.78 is 14.3. The number of pyridine rings is 1. The zero-order chi connectivity index (χ0) is 21.4. The van der Waals surface area contributed by atoms with E-state index in [0.29, 0.717) is 31.2 Å². The summed E-state index contributed by atoms with van der Waals surface area (Å²) in [4.78, 5) is 28.1. The Kier molecular flexibility index (Phi) is 4.47. The standard InChI is InChI=1S/C20H16N6O5/c27-20(15-7-17-18(31-6-5-30-17)8-16(15)26(28)29)23-13-9-21-25(11-13)12-14-10-24-4-2-1-3-19(24)22-14/h1-4,7-11H,5-6,12H2,(H,23,27). The van der Waals surface area contributed by atoms with E-state index in [1.165, 1.54) is 18.3 Å². The SMILES string of the molecule is O=C(Nc1cnn(Cc2cn3ccccc3n2)c1)c1cc2c(cc1[N+](=O)[O-])OCCO2. The molecule has 0 spiro atoms. The van der Waals surface area contributed by atoms with Gasteiger partial charge in [0.05, 0.1) is 35.1 Å². The monoisotopic (exact) mass is 420 g/mol. The van der Waals surface area contributed by atoms with Crippen LogP contribution in [0.2, 0.25) is 0 Å². The third kappa shape index (κ3) is 3.64. The van der Waals surface area contributed by atoms with Gasteiger partial charge in [-0.3, -0.25) is 19.6 Å².